The van der Waals surface area contributed by atoms with Gasteiger partial charge in [-0.15, -0.1) is 0 Å². The maximum Gasteiger partial charge on any atom is 0.334 e. The van der Waals surface area contributed by atoms with Gasteiger partial charge in [-0.05, 0) is 0 Å². The summed E-state index contributed by atoms with van der Waals surface area (Å²) in [6.07, 6.45) is 0. The Morgan fingerprint density at radius 1 is 1.00 bits per heavy atom. The van der Waals surface area contributed by atoms with Crippen molar-refractivity contribution in [3.8, 4) is 0 Å². The van der Waals surface area contributed by atoms with Crippen LogP contribution < -0.4 is 5.48 Å². The van der Waals surface area contributed by atoms with Crippen molar-refractivity contribution < 1.29 is 34.9 Å². The second-order valence-electron chi connectivity index (χ2n) is 2.16. The van der Waals surface area contributed by atoms with E-state index < -0.39 is 29.9 Å². The van der Waals surface area contributed by atoms with Gasteiger partial charge in [-0.3, -0.25) is 14.4 Å². The molecule has 0 atom stereocenters. The molecule has 74 valence electrons. The summed E-state index contributed by atoms with van der Waals surface area (Å²) in [6, 6.07) is 0. The molecule has 8 heteroatoms. The fraction of sp³-hybridized carbons (Fsp3) is 0.400. The maximum atomic E-state index is 10.4. The van der Waals surface area contributed by atoms with Crippen molar-refractivity contribution in [2.45, 2.75) is 0 Å². The number of carbonyl (C=O) groups is 3. The normalized spacial score (nSPS) is 10.8. The first-order valence-electron chi connectivity index (χ1n) is 2.96. The molecule has 13 heavy (non-hydrogen) atoms. The second-order valence-corrected chi connectivity index (χ2v) is 2.16. The lowest BCUT2D eigenvalue weighted by Gasteiger charge is -2.18. The molecule has 0 bridgehead atoms. The highest BCUT2D eigenvalue weighted by molar-refractivity contribution is 6.16. The van der Waals surface area contributed by atoms with E-state index in [-0.39, 0.29) is 0 Å². The summed E-state index contributed by atoms with van der Waals surface area (Å²) >= 11 is 0. The molecule has 0 amide bonds. The minimum absolute atomic E-state index is 1.12. The van der Waals surface area contributed by atoms with Crippen molar-refractivity contribution in [2.75, 3.05) is 6.54 Å². The molecule has 0 rings (SSSR count). The summed E-state index contributed by atoms with van der Waals surface area (Å²) < 4.78 is 0. The SMILES string of the molecule is O=C(O)C(CNO)(C(=O)O)C(=O)O. The number of hydrogen-bond donors (Lipinski definition) is 5. The van der Waals surface area contributed by atoms with E-state index in [0.29, 0.717) is 0 Å². The van der Waals surface area contributed by atoms with Crippen molar-refractivity contribution >= 4 is 17.9 Å². The highest BCUT2D eigenvalue weighted by Crippen LogP contribution is 2.17. The van der Waals surface area contributed by atoms with Crippen molar-refractivity contribution in [3.05, 3.63) is 0 Å². The Hall–Kier alpha value is -1.67. The molecule has 0 saturated heterocycles. The summed E-state index contributed by atoms with van der Waals surface area (Å²) in [5, 5.41) is 33.3. The summed E-state index contributed by atoms with van der Waals surface area (Å²) in [4.78, 5) is 31.1. The zero-order valence-electron chi connectivity index (χ0n) is 6.22. The molecule has 0 aliphatic carbocycles. The summed E-state index contributed by atoms with van der Waals surface area (Å²) in [5.74, 6) is -6.18. The number of aliphatic carboxylic acids is 3. The quantitative estimate of drug-likeness (QED) is 0.254. The van der Waals surface area contributed by atoms with Gasteiger partial charge in [-0.2, -0.15) is 0 Å². The van der Waals surface area contributed by atoms with Crippen molar-refractivity contribution in [1.29, 1.82) is 0 Å². The number of rotatable bonds is 5. The fourth-order valence-electron chi connectivity index (χ4n) is 0.620. The lowest BCUT2D eigenvalue weighted by molar-refractivity contribution is -0.176. The Bertz CT molecular complexity index is 211. The number of nitrogens with one attached hydrogen (secondary N) is 1. The van der Waals surface area contributed by atoms with Crippen LogP contribution in [0.4, 0.5) is 0 Å². The van der Waals surface area contributed by atoms with Crippen LogP contribution in [0.5, 0.6) is 0 Å². The minimum atomic E-state index is -3.06. The van der Waals surface area contributed by atoms with E-state index in [0.717, 1.165) is 0 Å². The summed E-state index contributed by atoms with van der Waals surface area (Å²) in [6.45, 7) is -1.12. The average Bonchev–Trinajstić information content (AvgIpc) is 1.97. The Morgan fingerprint density at radius 2 is 1.31 bits per heavy atom. The predicted octanol–water partition coefficient (Wildman–Crippen LogP) is -1.79. The van der Waals surface area contributed by atoms with Gasteiger partial charge in [-0.25, -0.2) is 5.48 Å². The van der Waals surface area contributed by atoms with Gasteiger partial charge in [0.15, 0.2) is 0 Å². The van der Waals surface area contributed by atoms with E-state index in [1.807, 2.05) is 0 Å². The van der Waals surface area contributed by atoms with Gasteiger partial charge in [0.25, 0.3) is 5.41 Å². The van der Waals surface area contributed by atoms with Crippen LogP contribution in [-0.2, 0) is 14.4 Å². The maximum absolute atomic E-state index is 10.4. The third-order valence-electron chi connectivity index (χ3n) is 1.44. The first-order chi connectivity index (χ1) is 5.89. The summed E-state index contributed by atoms with van der Waals surface area (Å²) in [7, 11) is 0. The predicted molar refractivity (Wildman–Crippen MR) is 35.1 cm³/mol. The third kappa shape index (κ3) is 1.73. The molecule has 0 unspecified atom stereocenters. The molecule has 0 heterocycles. The van der Waals surface area contributed by atoms with Crippen molar-refractivity contribution in [1.82, 2.24) is 5.48 Å². The molecule has 8 nitrogen and oxygen atoms in total. The van der Waals surface area contributed by atoms with Gasteiger partial charge in [0.1, 0.15) is 0 Å². The van der Waals surface area contributed by atoms with Crippen LogP contribution in [0.2, 0.25) is 0 Å². The van der Waals surface area contributed by atoms with E-state index in [1.165, 1.54) is 5.48 Å². The molecular formula is C5H7NO7. The number of carboxylic acid groups (broad SMARTS) is 3. The number of hydrogen-bond acceptors (Lipinski definition) is 5. The fourth-order valence-corrected chi connectivity index (χ4v) is 0.620. The first-order valence-corrected chi connectivity index (χ1v) is 2.96. The van der Waals surface area contributed by atoms with Gasteiger partial charge in [0.2, 0.25) is 0 Å². The van der Waals surface area contributed by atoms with Gasteiger partial charge in [0.05, 0.1) is 6.54 Å². The highest BCUT2D eigenvalue weighted by Gasteiger charge is 2.54. The van der Waals surface area contributed by atoms with E-state index in [2.05, 4.69) is 0 Å². The van der Waals surface area contributed by atoms with E-state index in [9.17, 15) is 14.4 Å². The average molecular weight is 193 g/mol. The number of carboxylic acids is 3. The zero-order valence-corrected chi connectivity index (χ0v) is 6.22. The minimum Gasteiger partial charge on any atom is -0.480 e. The highest BCUT2D eigenvalue weighted by atomic mass is 16.5. The van der Waals surface area contributed by atoms with Crippen LogP contribution in [-0.4, -0.2) is 45.0 Å². The Kier molecular flexibility index (Phi) is 3.33. The lowest BCUT2D eigenvalue weighted by Crippen LogP contribution is -2.52. The van der Waals surface area contributed by atoms with Crippen LogP contribution in [0.3, 0.4) is 0 Å². The molecule has 0 aliphatic heterocycles. The molecule has 5 N–H and O–H groups in total. The second kappa shape index (κ2) is 3.83. The first kappa shape index (κ1) is 11.3. The topological polar surface area (TPSA) is 144 Å². The molecule has 0 saturated carbocycles. The smallest absolute Gasteiger partial charge is 0.334 e. The van der Waals surface area contributed by atoms with Crippen LogP contribution >= 0.6 is 0 Å². The van der Waals surface area contributed by atoms with Crippen LogP contribution in [0.25, 0.3) is 0 Å². The van der Waals surface area contributed by atoms with Gasteiger partial charge < -0.3 is 20.5 Å². The standard InChI is InChI=1S/C5H7NO7/c7-2(8)5(1-6-13,3(9)10)4(11)12/h6,13H,1H2,(H,7,8)(H,9,10)(H,11,12). The van der Waals surface area contributed by atoms with Crippen LogP contribution in [0.15, 0.2) is 0 Å². The third-order valence-corrected chi connectivity index (χ3v) is 1.44. The molecule has 0 aromatic heterocycles. The molecular weight excluding hydrogens is 186 g/mol. The molecule has 0 spiro atoms. The Labute approximate surface area is 71.4 Å². The molecule has 0 aromatic carbocycles. The Balaban J connectivity index is 5.18. The van der Waals surface area contributed by atoms with Crippen molar-refractivity contribution in [3.63, 3.8) is 0 Å². The van der Waals surface area contributed by atoms with E-state index >= 15 is 0 Å². The van der Waals surface area contributed by atoms with E-state index in [1.54, 1.807) is 0 Å². The van der Waals surface area contributed by atoms with Gasteiger partial charge in [-0.1, -0.05) is 0 Å². The van der Waals surface area contributed by atoms with Crippen LogP contribution in [0.1, 0.15) is 0 Å². The monoisotopic (exact) mass is 193 g/mol. The number of hydroxylamine groups is 1. The molecule has 0 aliphatic rings. The summed E-state index contributed by atoms with van der Waals surface area (Å²) in [5.41, 5.74) is -1.85. The van der Waals surface area contributed by atoms with Gasteiger partial charge in [0, 0.05) is 0 Å². The van der Waals surface area contributed by atoms with Crippen molar-refractivity contribution in [2.24, 2.45) is 5.41 Å². The zero-order chi connectivity index (χ0) is 10.6. The largest absolute Gasteiger partial charge is 0.480 e. The van der Waals surface area contributed by atoms with Crippen LogP contribution in [0, 0.1) is 5.41 Å². The molecule has 0 radical (unpaired) electrons. The van der Waals surface area contributed by atoms with E-state index in [4.69, 9.17) is 20.5 Å². The molecule has 0 fully saturated rings. The Morgan fingerprint density at radius 3 is 1.38 bits per heavy atom. The van der Waals surface area contributed by atoms with Gasteiger partial charge >= 0.3 is 17.9 Å². The molecule has 0 aromatic rings. The lowest BCUT2D eigenvalue weighted by atomic mass is 9.89.